The normalized spacial score (nSPS) is 14.6. The van der Waals surface area contributed by atoms with Crippen LogP contribution in [0.15, 0.2) is 0 Å². The van der Waals surface area contributed by atoms with Crippen molar-refractivity contribution < 1.29 is 14.6 Å². The minimum Gasteiger partial charge on any atom is -0.480 e. The maximum absolute atomic E-state index is 11.4. The van der Waals surface area contributed by atoms with Crippen molar-refractivity contribution in [2.45, 2.75) is 65.5 Å². The Hall–Kier alpha value is -0.650. The molecule has 0 aliphatic carbocycles. The monoisotopic (exact) mass is 302 g/mol. The van der Waals surface area contributed by atoms with E-state index in [4.69, 9.17) is 4.74 Å². The van der Waals surface area contributed by atoms with E-state index in [9.17, 15) is 9.90 Å². The van der Waals surface area contributed by atoms with E-state index >= 15 is 0 Å². The molecule has 0 spiro atoms. The molecule has 1 atom stereocenters. The summed E-state index contributed by atoms with van der Waals surface area (Å²) < 4.78 is 5.37. The van der Waals surface area contributed by atoms with E-state index in [0.717, 1.165) is 45.7 Å². The Kier molecular flexibility index (Phi) is 10.6. The van der Waals surface area contributed by atoms with Gasteiger partial charge in [-0.15, -0.1) is 0 Å². The second-order valence-corrected chi connectivity index (χ2v) is 6.02. The van der Waals surface area contributed by atoms with Crippen LogP contribution in [0.2, 0.25) is 0 Å². The molecule has 0 saturated carbocycles. The summed E-state index contributed by atoms with van der Waals surface area (Å²) in [6, 6.07) is 0.171. The number of unbranched alkanes of at least 4 members (excludes halogenated alkanes) is 1. The fraction of sp³-hybridized carbons (Fsp3) is 0.938. The van der Waals surface area contributed by atoms with E-state index in [2.05, 4.69) is 17.1 Å². The van der Waals surface area contributed by atoms with Crippen LogP contribution in [0.3, 0.4) is 0 Å². The molecule has 0 aliphatic heterocycles. The first-order valence-corrected chi connectivity index (χ1v) is 8.16. The maximum Gasteiger partial charge on any atom is 0.323 e. The second-order valence-electron chi connectivity index (χ2n) is 6.02. The first-order chi connectivity index (χ1) is 9.85. The van der Waals surface area contributed by atoms with Gasteiger partial charge in [0.15, 0.2) is 0 Å². The largest absolute Gasteiger partial charge is 0.480 e. The van der Waals surface area contributed by atoms with Crippen LogP contribution < -0.4 is 5.32 Å². The Bertz CT molecular complexity index is 285. The average molecular weight is 302 g/mol. The van der Waals surface area contributed by atoms with Crippen LogP contribution >= 0.6 is 0 Å². The fourth-order valence-electron chi connectivity index (χ4n) is 2.46. The molecule has 0 aliphatic rings. The highest BCUT2D eigenvalue weighted by Gasteiger charge is 2.32. The summed E-state index contributed by atoms with van der Waals surface area (Å²) in [5.74, 6) is -0.764. The number of carboxylic acid groups (broad SMARTS) is 1. The third-order valence-corrected chi connectivity index (χ3v) is 3.68. The van der Waals surface area contributed by atoms with Crippen LogP contribution in [0, 0.1) is 0 Å². The van der Waals surface area contributed by atoms with E-state index in [-0.39, 0.29) is 6.04 Å². The molecule has 0 aromatic carbocycles. The molecule has 0 aromatic rings. The van der Waals surface area contributed by atoms with E-state index < -0.39 is 11.5 Å². The summed E-state index contributed by atoms with van der Waals surface area (Å²) in [4.78, 5) is 13.8. The fourth-order valence-corrected chi connectivity index (χ4v) is 2.46. The van der Waals surface area contributed by atoms with Gasteiger partial charge in [-0.25, -0.2) is 0 Å². The lowest BCUT2D eigenvalue weighted by Crippen LogP contribution is -2.52. The number of likely N-dealkylation sites (N-methyl/N-ethyl adjacent to an activating group) is 1. The first-order valence-electron chi connectivity index (χ1n) is 8.16. The molecule has 126 valence electrons. The summed E-state index contributed by atoms with van der Waals surface area (Å²) in [7, 11) is 0. The summed E-state index contributed by atoms with van der Waals surface area (Å²) >= 11 is 0. The Labute approximate surface area is 130 Å². The predicted octanol–water partition coefficient (Wildman–Crippen LogP) is 2.36. The van der Waals surface area contributed by atoms with Gasteiger partial charge in [-0.1, -0.05) is 6.92 Å². The summed E-state index contributed by atoms with van der Waals surface area (Å²) in [6.07, 6.45) is 2.58. The van der Waals surface area contributed by atoms with Gasteiger partial charge in [-0.3, -0.25) is 10.1 Å². The van der Waals surface area contributed by atoms with Gasteiger partial charge in [0.2, 0.25) is 0 Å². The summed E-state index contributed by atoms with van der Waals surface area (Å²) in [5.41, 5.74) is -0.823. The molecule has 0 heterocycles. The van der Waals surface area contributed by atoms with Gasteiger partial charge in [0, 0.05) is 19.2 Å². The van der Waals surface area contributed by atoms with Crippen LogP contribution in [0.4, 0.5) is 0 Å². The minimum absolute atomic E-state index is 0.171. The van der Waals surface area contributed by atoms with Crippen LogP contribution in [-0.4, -0.2) is 60.4 Å². The van der Waals surface area contributed by atoms with Gasteiger partial charge in [0.25, 0.3) is 0 Å². The molecule has 0 saturated heterocycles. The zero-order valence-electron chi connectivity index (χ0n) is 14.4. The van der Waals surface area contributed by atoms with Crippen molar-refractivity contribution in [1.82, 2.24) is 10.2 Å². The lowest BCUT2D eigenvalue weighted by molar-refractivity contribution is -0.144. The first kappa shape index (κ1) is 20.3. The van der Waals surface area contributed by atoms with Crippen molar-refractivity contribution in [2.24, 2.45) is 0 Å². The standard InChI is InChI=1S/C16H34N2O3/c1-6-18(12-13-21-7-2)11-9-8-10-16(5,15(19)20)17-14(3)4/h14,17H,6-13H2,1-5H3,(H,19,20). The van der Waals surface area contributed by atoms with E-state index in [1.807, 2.05) is 20.8 Å². The van der Waals surface area contributed by atoms with Gasteiger partial charge in [-0.2, -0.15) is 0 Å². The third-order valence-electron chi connectivity index (χ3n) is 3.68. The number of nitrogens with one attached hydrogen (secondary N) is 1. The van der Waals surface area contributed by atoms with E-state index in [1.165, 1.54) is 0 Å². The smallest absolute Gasteiger partial charge is 0.323 e. The molecule has 0 rings (SSSR count). The Balaban J connectivity index is 4.05. The van der Waals surface area contributed by atoms with Crippen molar-refractivity contribution in [1.29, 1.82) is 0 Å². The molecule has 0 fully saturated rings. The number of carboxylic acids is 1. The molecule has 0 bridgehead atoms. The number of hydrogen-bond acceptors (Lipinski definition) is 4. The molecular weight excluding hydrogens is 268 g/mol. The molecule has 21 heavy (non-hydrogen) atoms. The maximum atomic E-state index is 11.4. The number of ether oxygens (including phenoxy) is 1. The van der Waals surface area contributed by atoms with E-state index in [1.54, 1.807) is 6.92 Å². The zero-order valence-corrected chi connectivity index (χ0v) is 14.4. The highest BCUT2D eigenvalue weighted by molar-refractivity contribution is 5.78. The molecule has 5 heteroatoms. The second kappa shape index (κ2) is 11.0. The van der Waals surface area contributed by atoms with Gasteiger partial charge in [0.05, 0.1) is 6.61 Å². The summed E-state index contributed by atoms with van der Waals surface area (Å²) in [5, 5.41) is 12.6. The number of aliphatic carboxylic acids is 1. The number of carbonyl (C=O) groups is 1. The topological polar surface area (TPSA) is 61.8 Å². The molecular formula is C16H34N2O3. The van der Waals surface area contributed by atoms with Crippen molar-refractivity contribution in [3.63, 3.8) is 0 Å². The Morgan fingerprint density at radius 1 is 1.29 bits per heavy atom. The molecule has 1 unspecified atom stereocenters. The van der Waals surface area contributed by atoms with Gasteiger partial charge in [0.1, 0.15) is 5.54 Å². The minimum atomic E-state index is -0.823. The lowest BCUT2D eigenvalue weighted by Gasteiger charge is -2.29. The van der Waals surface area contributed by atoms with Gasteiger partial charge < -0.3 is 14.7 Å². The predicted molar refractivity (Wildman–Crippen MR) is 86.8 cm³/mol. The van der Waals surface area contributed by atoms with Gasteiger partial charge in [-0.05, 0) is 60.0 Å². The van der Waals surface area contributed by atoms with Crippen LogP contribution in [-0.2, 0) is 9.53 Å². The third kappa shape index (κ3) is 9.06. The van der Waals surface area contributed by atoms with Crippen LogP contribution in [0.1, 0.15) is 53.9 Å². The van der Waals surface area contributed by atoms with Crippen molar-refractivity contribution in [3.8, 4) is 0 Å². The number of nitrogens with zero attached hydrogens (tertiary/aromatic N) is 1. The molecule has 0 aromatic heterocycles. The average Bonchev–Trinajstić information content (AvgIpc) is 2.40. The number of rotatable bonds is 13. The SMILES string of the molecule is CCOCCN(CC)CCCCC(C)(NC(C)C)C(=O)O. The zero-order chi connectivity index (χ0) is 16.3. The van der Waals surface area contributed by atoms with E-state index in [0.29, 0.717) is 6.42 Å². The highest BCUT2D eigenvalue weighted by Crippen LogP contribution is 2.15. The van der Waals surface area contributed by atoms with Crippen LogP contribution in [0.25, 0.3) is 0 Å². The Morgan fingerprint density at radius 3 is 2.43 bits per heavy atom. The van der Waals surface area contributed by atoms with Crippen molar-refractivity contribution >= 4 is 5.97 Å². The lowest BCUT2D eigenvalue weighted by atomic mass is 9.94. The van der Waals surface area contributed by atoms with Crippen LogP contribution in [0.5, 0.6) is 0 Å². The molecule has 2 N–H and O–H groups in total. The highest BCUT2D eigenvalue weighted by atomic mass is 16.5. The number of hydrogen-bond donors (Lipinski definition) is 2. The molecule has 5 nitrogen and oxygen atoms in total. The van der Waals surface area contributed by atoms with Crippen molar-refractivity contribution in [3.05, 3.63) is 0 Å². The Morgan fingerprint density at radius 2 is 1.95 bits per heavy atom. The van der Waals surface area contributed by atoms with Crippen molar-refractivity contribution in [2.75, 3.05) is 32.8 Å². The quantitative estimate of drug-likeness (QED) is 0.511. The van der Waals surface area contributed by atoms with Gasteiger partial charge >= 0.3 is 5.97 Å². The molecule has 0 amide bonds. The summed E-state index contributed by atoms with van der Waals surface area (Å²) in [6.45, 7) is 14.4. The molecule has 0 radical (unpaired) electrons.